The third-order valence-electron chi connectivity index (χ3n) is 2.97. The second kappa shape index (κ2) is 7.97. The minimum atomic E-state index is -0.269. The summed E-state index contributed by atoms with van der Waals surface area (Å²) < 4.78 is 4.71. The number of methoxy groups -OCH3 is 1. The number of carbonyl (C=O) groups is 1. The number of rotatable bonds is 6. The summed E-state index contributed by atoms with van der Waals surface area (Å²) in [4.78, 5) is 11.4. The van der Waals surface area contributed by atoms with Gasteiger partial charge in [-0.3, -0.25) is 0 Å². The van der Waals surface area contributed by atoms with Crippen LogP contribution in [-0.4, -0.2) is 19.6 Å². The Morgan fingerprint density at radius 3 is 2.74 bits per heavy atom. The van der Waals surface area contributed by atoms with Crippen molar-refractivity contribution in [3.8, 4) is 0 Å². The van der Waals surface area contributed by atoms with E-state index in [2.05, 4.69) is 5.32 Å². The largest absolute Gasteiger partial charge is 0.466 e. The van der Waals surface area contributed by atoms with Gasteiger partial charge >= 0.3 is 5.97 Å². The minimum Gasteiger partial charge on any atom is -0.466 e. The highest BCUT2D eigenvalue weighted by Crippen LogP contribution is 2.21. The van der Waals surface area contributed by atoms with Gasteiger partial charge in [-0.2, -0.15) is 0 Å². The molecule has 104 valence electrons. The Hall–Kier alpha value is -1.32. The summed E-state index contributed by atoms with van der Waals surface area (Å²) in [6, 6.07) is 7.86. The van der Waals surface area contributed by atoms with E-state index in [1.54, 1.807) is 0 Å². The predicted molar refractivity (Wildman–Crippen MR) is 78.3 cm³/mol. The van der Waals surface area contributed by atoms with Crippen LogP contribution in [0, 0.1) is 0 Å². The molecule has 1 rings (SSSR count). The van der Waals surface area contributed by atoms with E-state index in [4.69, 9.17) is 16.3 Å². The fourth-order valence-electron chi connectivity index (χ4n) is 1.80. The number of benzene rings is 1. The summed E-state index contributed by atoms with van der Waals surface area (Å²) in [6.45, 7) is 4.57. The monoisotopic (exact) mass is 281 g/mol. The third kappa shape index (κ3) is 4.69. The van der Waals surface area contributed by atoms with Crippen molar-refractivity contribution in [1.29, 1.82) is 0 Å². The van der Waals surface area contributed by atoms with Crippen molar-refractivity contribution in [2.45, 2.75) is 26.3 Å². The second-order valence-electron chi connectivity index (χ2n) is 4.23. The zero-order valence-corrected chi connectivity index (χ0v) is 12.3. The topological polar surface area (TPSA) is 38.3 Å². The Morgan fingerprint density at radius 1 is 1.47 bits per heavy atom. The maximum atomic E-state index is 11.4. The standard InChI is InChI=1S/C15H20ClNO2/c1-4-12(15(18)19-3)9-10-17-11(2)13-7-5-6-8-14(13)16/h5-9,11,17H,4,10H2,1-3H3/b12-9-/t11-/m0/s1. The number of ether oxygens (including phenoxy) is 1. The van der Waals surface area contributed by atoms with Gasteiger partial charge in [0.25, 0.3) is 0 Å². The van der Waals surface area contributed by atoms with E-state index >= 15 is 0 Å². The molecule has 0 bridgehead atoms. The second-order valence-corrected chi connectivity index (χ2v) is 4.63. The van der Waals surface area contributed by atoms with Gasteiger partial charge in [0.2, 0.25) is 0 Å². The Morgan fingerprint density at radius 2 is 2.16 bits per heavy atom. The fraction of sp³-hybridized carbons (Fsp3) is 0.400. The van der Waals surface area contributed by atoms with Crippen LogP contribution in [0.4, 0.5) is 0 Å². The maximum Gasteiger partial charge on any atom is 0.333 e. The Labute approximate surface area is 119 Å². The van der Waals surface area contributed by atoms with Crippen molar-refractivity contribution < 1.29 is 9.53 Å². The molecule has 1 N–H and O–H groups in total. The molecule has 0 unspecified atom stereocenters. The van der Waals surface area contributed by atoms with Crippen LogP contribution in [0.25, 0.3) is 0 Å². The van der Waals surface area contributed by atoms with E-state index in [9.17, 15) is 4.79 Å². The maximum absolute atomic E-state index is 11.4. The lowest BCUT2D eigenvalue weighted by Crippen LogP contribution is -2.20. The van der Waals surface area contributed by atoms with Gasteiger partial charge in [0.05, 0.1) is 7.11 Å². The van der Waals surface area contributed by atoms with Crippen molar-refractivity contribution in [2.75, 3.05) is 13.7 Å². The first-order chi connectivity index (χ1) is 9.10. The summed E-state index contributed by atoms with van der Waals surface area (Å²) in [5, 5.41) is 4.06. The summed E-state index contributed by atoms with van der Waals surface area (Å²) >= 11 is 6.13. The van der Waals surface area contributed by atoms with Gasteiger partial charge in [0.1, 0.15) is 0 Å². The van der Waals surface area contributed by atoms with Crippen LogP contribution in [0.5, 0.6) is 0 Å². The molecule has 0 saturated carbocycles. The van der Waals surface area contributed by atoms with Gasteiger partial charge in [0, 0.05) is 23.2 Å². The molecule has 0 radical (unpaired) electrons. The molecule has 0 saturated heterocycles. The van der Waals surface area contributed by atoms with E-state index < -0.39 is 0 Å². The Balaban J connectivity index is 2.60. The van der Waals surface area contributed by atoms with Crippen LogP contribution in [0.15, 0.2) is 35.9 Å². The SMILES string of the molecule is CC/C(=C/CN[C@@H](C)c1ccccc1Cl)C(=O)OC. The molecular weight excluding hydrogens is 262 g/mol. The molecule has 1 aromatic carbocycles. The van der Waals surface area contributed by atoms with Crippen LogP contribution in [-0.2, 0) is 9.53 Å². The van der Waals surface area contributed by atoms with E-state index in [1.165, 1.54) is 7.11 Å². The van der Waals surface area contributed by atoms with Gasteiger partial charge in [-0.15, -0.1) is 0 Å². The first-order valence-corrected chi connectivity index (χ1v) is 6.73. The third-order valence-corrected chi connectivity index (χ3v) is 3.32. The molecule has 0 spiro atoms. The van der Waals surface area contributed by atoms with Crippen molar-refractivity contribution in [2.24, 2.45) is 0 Å². The highest BCUT2D eigenvalue weighted by atomic mass is 35.5. The first kappa shape index (κ1) is 15.7. The van der Waals surface area contributed by atoms with Crippen LogP contribution in [0.2, 0.25) is 5.02 Å². The van der Waals surface area contributed by atoms with Gasteiger partial charge < -0.3 is 10.1 Å². The molecule has 0 heterocycles. The van der Waals surface area contributed by atoms with Crippen molar-refractivity contribution in [3.05, 3.63) is 46.5 Å². The van der Waals surface area contributed by atoms with E-state index in [1.807, 2.05) is 44.2 Å². The molecule has 0 amide bonds. The van der Waals surface area contributed by atoms with Crippen molar-refractivity contribution in [3.63, 3.8) is 0 Å². The van der Waals surface area contributed by atoms with Gasteiger partial charge in [0.15, 0.2) is 0 Å². The van der Waals surface area contributed by atoms with E-state index in [0.29, 0.717) is 18.5 Å². The fourth-order valence-corrected chi connectivity index (χ4v) is 2.10. The van der Waals surface area contributed by atoms with Crippen molar-refractivity contribution in [1.82, 2.24) is 5.32 Å². The van der Waals surface area contributed by atoms with Crippen molar-refractivity contribution >= 4 is 17.6 Å². The molecule has 3 nitrogen and oxygen atoms in total. The number of nitrogens with one attached hydrogen (secondary N) is 1. The van der Waals surface area contributed by atoms with E-state index in [-0.39, 0.29) is 12.0 Å². The molecule has 0 aliphatic rings. The quantitative estimate of drug-likeness (QED) is 0.641. The zero-order valence-electron chi connectivity index (χ0n) is 11.6. The minimum absolute atomic E-state index is 0.126. The van der Waals surface area contributed by atoms with Crippen LogP contribution >= 0.6 is 11.6 Å². The molecule has 0 aliphatic heterocycles. The zero-order chi connectivity index (χ0) is 14.3. The Bertz CT molecular complexity index is 457. The van der Waals surface area contributed by atoms with Gasteiger partial charge in [-0.1, -0.05) is 42.8 Å². The molecule has 0 aromatic heterocycles. The normalized spacial score (nSPS) is 13.2. The first-order valence-electron chi connectivity index (χ1n) is 6.35. The summed E-state index contributed by atoms with van der Waals surface area (Å²) in [7, 11) is 1.39. The summed E-state index contributed by atoms with van der Waals surface area (Å²) in [6.07, 6.45) is 2.52. The molecule has 1 atom stereocenters. The molecular formula is C15H20ClNO2. The molecule has 19 heavy (non-hydrogen) atoms. The average molecular weight is 282 g/mol. The lowest BCUT2D eigenvalue weighted by atomic mass is 10.1. The summed E-state index contributed by atoms with van der Waals surface area (Å²) in [5.41, 5.74) is 1.73. The summed E-state index contributed by atoms with van der Waals surface area (Å²) in [5.74, 6) is -0.269. The predicted octanol–water partition coefficient (Wildman–Crippen LogP) is 3.50. The Kier molecular flexibility index (Phi) is 6.60. The lowest BCUT2D eigenvalue weighted by molar-refractivity contribution is -0.136. The van der Waals surface area contributed by atoms with Crippen LogP contribution < -0.4 is 5.32 Å². The highest BCUT2D eigenvalue weighted by molar-refractivity contribution is 6.31. The van der Waals surface area contributed by atoms with E-state index in [0.717, 1.165) is 10.6 Å². The van der Waals surface area contributed by atoms with Gasteiger partial charge in [-0.05, 0) is 25.0 Å². The molecule has 0 fully saturated rings. The number of hydrogen-bond acceptors (Lipinski definition) is 3. The van der Waals surface area contributed by atoms with Crippen LogP contribution in [0.3, 0.4) is 0 Å². The highest BCUT2D eigenvalue weighted by Gasteiger charge is 2.09. The molecule has 0 aliphatic carbocycles. The average Bonchev–Trinajstić information content (AvgIpc) is 2.43. The number of esters is 1. The van der Waals surface area contributed by atoms with Crippen LogP contribution in [0.1, 0.15) is 31.9 Å². The molecule has 4 heteroatoms. The smallest absolute Gasteiger partial charge is 0.333 e. The number of carbonyl (C=O) groups excluding carboxylic acids is 1. The number of hydrogen-bond donors (Lipinski definition) is 1. The molecule has 1 aromatic rings. The number of halogens is 1. The lowest BCUT2D eigenvalue weighted by Gasteiger charge is -2.14. The van der Waals surface area contributed by atoms with Gasteiger partial charge in [-0.25, -0.2) is 4.79 Å².